The van der Waals surface area contributed by atoms with Gasteiger partial charge < -0.3 is 0 Å². The van der Waals surface area contributed by atoms with Crippen LogP contribution in [0.2, 0.25) is 0 Å². The van der Waals surface area contributed by atoms with E-state index in [9.17, 15) is 8.78 Å². The summed E-state index contributed by atoms with van der Waals surface area (Å²) in [5.41, 5.74) is 3.16. The van der Waals surface area contributed by atoms with Gasteiger partial charge in [-0.05, 0) is 0 Å². The summed E-state index contributed by atoms with van der Waals surface area (Å²) >= 11 is 3.11. The van der Waals surface area contributed by atoms with Crippen molar-refractivity contribution in [1.29, 1.82) is 0 Å². The van der Waals surface area contributed by atoms with Crippen molar-refractivity contribution in [3.8, 4) is 11.1 Å². The molecule has 0 aliphatic heterocycles. The van der Waals surface area contributed by atoms with Gasteiger partial charge in [-0.1, -0.05) is 0 Å². The second-order valence-corrected chi connectivity index (χ2v) is 7.84. The summed E-state index contributed by atoms with van der Waals surface area (Å²) in [5.74, 6) is 0. The van der Waals surface area contributed by atoms with Crippen LogP contribution >= 0.6 is 15.9 Å². The summed E-state index contributed by atoms with van der Waals surface area (Å²) in [6.07, 6.45) is 0.561. The van der Waals surface area contributed by atoms with E-state index in [4.69, 9.17) is 4.74 Å². The molecule has 128 valence electrons. The number of pyridine rings is 2. The van der Waals surface area contributed by atoms with E-state index in [0.717, 1.165) is 26.8 Å². The minimum atomic E-state index is -2.60. The molecule has 0 fully saturated rings. The number of methoxy groups -OCH3 is 1. The van der Waals surface area contributed by atoms with E-state index in [1.165, 1.54) is 12.3 Å². The molecule has 24 heavy (non-hydrogen) atoms. The molecule has 3 aromatic heterocycles. The predicted octanol–water partition coefficient (Wildman–Crippen LogP) is 1.43. The van der Waals surface area contributed by atoms with E-state index < -0.39 is 6.43 Å². The summed E-state index contributed by atoms with van der Waals surface area (Å²) in [5, 5.41) is 0.921. The zero-order valence-electron chi connectivity index (χ0n) is 12.9. The van der Waals surface area contributed by atoms with Crippen LogP contribution in [0.5, 0.6) is 0 Å². The molecule has 0 bridgehead atoms. The van der Waals surface area contributed by atoms with Crippen molar-refractivity contribution >= 4 is 27.0 Å². The van der Waals surface area contributed by atoms with Crippen LogP contribution in [0.15, 0.2) is 35.1 Å². The third-order valence-corrected chi connectivity index (χ3v) is 6.00. The fourth-order valence-electron chi connectivity index (χ4n) is 2.65. The molecule has 0 amide bonds. The fraction of sp³-hybridized carbons (Fsp3) is 0.250. The molecule has 0 saturated carbocycles. The number of hydrogen-bond acceptors (Lipinski definition) is 3. The van der Waals surface area contributed by atoms with Crippen molar-refractivity contribution in [2.75, 3.05) is 12.0 Å². The van der Waals surface area contributed by atoms with E-state index in [2.05, 4.69) is 33.6 Å². The number of fused-ring (bicyclic) bond motifs is 1. The first-order valence-electron chi connectivity index (χ1n) is 6.99. The third kappa shape index (κ3) is 3.18. The molecule has 0 radical (unpaired) electrons. The van der Waals surface area contributed by atoms with Crippen LogP contribution in [0, 0.1) is 0 Å². The Balaban J connectivity index is 2.34. The van der Waals surface area contributed by atoms with Crippen molar-refractivity contribution in [2.45, 2.75) is 13.0 Å². The molecular formula is C16H14BrF2IN3O-. The molecule has 0 aliphatic rings. The van der Waals surface area contributed by atoms with E-state index >= 15 is 0 Å². The number of hydrogen-bond donors (Lipinski definition) is 0. The second-order valence-electron chi connectivity index (χ2n) is 5.00. The molecule has 0 aliphatic carbocycles. The van der Waals surface area contributed by atoms with Gasteiger partial charge in [0.25, 0.3) is 0 Å². The monoisotopic (exact) mass is 508 g/mol. The second kappa shape index (κ2) is 7.40. The Bertz CT molecular complexity index is 885. The van der Waals surface area contributed by atoms with Gasteiger partial charge in [-0.15, -0.1) is 0 Å². The SMILES string of the molecule is COCc1c(-c2ccnc(C(F)F)c2)c2cc(Br)cnc2n1[I-]C. The van der Waals surface area contributed by atoms with Crippen LogP contribution < -0.4 is 21.5 Å². The molecule has 0 atom stereocenters. The Labute approximate surface area is 157 Å². The molecule has 0 unspecified atom stereocenters. The third-order valence-electron chi connectivity index (χ3n) is 3.56. The first-order valence-corrected chi connectivity index (χ1v) is 10.9. The zero-order valence-corrected chi connectivity index (χ0v) is 16.7. The minimum absolute atomic E-state index is 0.231. The Morgan fingerprint density at radius 3 is 2.79 bits per heavy atom. The van der Waals surface area contributed by atoms with E-state index in [1.54, 1.807) is 19.4 Å². The molecule has 0 spiro atoms. The van der Waals surface area contributed by atoms with Gasteiger partial charge in [0.15, 0.2) is 0 Å². The van der Waals surface area contributed by atoms with Gasteiger partial charge >= 0.3 is 157 Å². The van der Waals surface area contributed by atoms with Crippen LogP contribution in [0.4, 0.5) is 8.78 Å². The average molecular weight is 509 g/mol. The molecule has 3 aromatic rings. The van der Waals surface area contributed by atoms with Crippen molar-refractivity contribution in [1.82, 2.24) is 12.7 Å². The maximum absolute atomic E-state index is 13.1. The first kappa shape index (κ1) is 17.7. The molecule has 0 aromatic carbocycles. The number of alkyl halides is 3. The van der Waals surface area contributed by atoms with Gasteiger partial charge in [0.2, 0.25) is 0 Å². The molecule has 4 nitrogen and oxygen atoms in total. The number of aromatic nitrogens is 3. The van der Waals surface area contributed by atoms with Gasteiger partial charge in [-0.2, -0.15) is 0 Å². The Hall–Kier alpha value is -1.13. The summed E-state index contributed by atoms with van der Waals surface area (Å²) in [4.78, 5) is 10.4. The maximum atomic E-state index is 13.1. The van der Waals surface area contributed by atoms with Crippen LogP contribution in [0.25, 0.3) is 22.2 Å². The molecular weight excluding hydrogens is 495 g/mol. The summed E-state index contributed by atoms with van der Waals surface area (Å²) in [6, 6.07) is 5.16. The molecule has 0 saturated heterocycles. The van der Waals surface area contributed by atoms with E-state index in [1.807, 2.05) is 6.07 Å². The zero-order chi connectivity index (χ0) is 17.3. The predicted molar refractivity (Wildman–Crippen MR) is 87.7 cm³/mol. The van der Waals surface area contributed by atoms with Gasteiger partial charge in [-0.3, -0.25) is 0 Å². The average Bonchev–Trinajstić information content (AvgIpc) is 2.87. The van der Waals surface area contributed by atoms with Crippen LogP contribution in [-0.4, -0.2) is 24.8 Å². The van der Waals surface area contributed by atoms with Crippen LogP contribution in [0.1, 0.15) is 17.8 Å². The van der Waals surface area contributed by atoms with Crippen molar-refractivity contribution < 1.29 is 35.0 Å². The number of halogens is 4. The van der Waals surface area contributed by atoms with Crippen molar-refractivity contribution in [3.63, 3.8) is 0 Å². The van der Waals surface area contributed by atoms with Gasteiger partial charge in [0, 0.05) is 0 Å². The number of nitrogens with zero attached hydrogens (tertiary/aromatic N) is 3. The van der Waals surface area contributed by atoms with Crippen LogP contribution in [0.3, 0.4) is 0 Å². The first-order chi connectivity index (χ1) is 11.6. The van der Waals surface area contributed by atoms with Crippen molar-refractivity contribution in [2.24, 2.45) is 0 Å². The topological polar surface area (TPSA) is 39.9 Å². The van der Waals surface area contributed by atoms with E-state index in [0.29, 0.717) is 12.2 Å². The van der Waals surface area contributed by atoms with Gasteiger partial charge in [-0.25, -0.2) is 0 Å². The fourth-order valence-corrected chi connectivity index (χ4v) is 4.78. The number of ether oxygens (including phenoxy) is 1. The Kier molecular flexibility index (Phi) is 5.46. The van der Waals surface area contributed by atoms with E-state index in [-0.39, 0.29) is 27.2 Å². The normalized spacial score (nSPS) is 11.8. The van der Waals surface area contributed by atoms with Crippen molar-refractivity contribution in [3.05, 3.63) is 46.5 Å². The van der Waals surface area contributed by atoms with Gasteiger partial charge in [0.05, 0.1) is 0 Å². The number of rotatable bonds is 5. The van der Waals surface area contributed by atoms with Crippen LogP contribution in [-0.2, 0) is 11.3 Å². The summed E-state index contributed by atoms with van der Waals surface area (Å²) < 4.78 is 34.5. The Morgan fingerprint density at radius 2 is 2.12 bits per heavy atom. The molecule has 8 heteroatoms. The summed E-state index contributed by atoms with van der Waals surface area (Å²) in [6.45, 7) is 0.392. The molecule has 3 heterocycles. The van der Waals surface area contributed by atoms with Gasteiger partial charge in [0.1, 0.15) is 0 Å². The quantitative estimate of drug-likeness (QED) is 0.387. The summed E-state index contributed by atoms with van der Waals surface area (Å²) in [7, 11) is 1.63. The molecule has 3 rings (SSSR count). The standard InChI is InChI=1S/C16H14BrF2IN3O/c1-20-23-13(8-24-2)14(11-6-10(17)7-22-16(11)23)9-3-4-21-12(5-9)15(18)19/h3-7,15H,8H2,1-2H3/q-1. The Morgan fingerprint density at radius 1 is 1.33 bits per heavy atom. The molecule has 0 N–H and O–H groups in total.